The molecule has 0 saturated carbocycles. The molecule has 0 spiro atoms. The van der Waals surface area contributed by atoms with E-state index in [9.17, 15) is 0 Å². The monoisotopic (exact) mass is 355 g/mol. The lowest BCUT2D eigenvalue weighted by Crippen LogP contribution is -2.09. The van der Waals surface area contributed by atoms with Crippen molar-refractivity contribution in [2.75, 3.05) is 4.90 Å². The molecule has 0 aliphatic heterocycles. The van der Waals surface area contributed by atoms with Gasteiger partial charge in [0.05, 0.1) is 0 Å². The largest absolute Gasteiger partial charge is 0.310 e. The van der Waals surface area contributed by atoms with Crippen LogP contribution >= 0.6 is 11.6 Å². The highest BCUT2D eigenvalue weighted by atomic mass is 35.5. The van der Waals surface area contributed by atoms with Crippen LogP contribution in [0.3, 0.4) is 0 Å². The zero-order valence-corrected chi connectivity index (χ0v) is 15.0. The maximum Gasteiger partial charge on any atom is 0.0467 e. The smallest absolute Gasteiger partial charge is 0.0467 e. The Balaban J connectivity index is 1.82. The fraction of sp³-hybridized carbons (Fsp3) is 0. The molecular weight excluding hydrogens is 338 g/mol. The van der Waals surface area contributed by atoms with E-state index in [0.717, 1.165) is 33.2 Å². The van der Waals surface area contributed by atoms with E-state index in [4.69, 9.17) is 11.6 Å². The van der Waals surface area contributed by atoms with Crippen molar-refractivity contribution in [1.29, 1.82) is 0 Å². The quantitative estimate of drug-likeness (QED) is 0.367. The molecule has 4 aromatic carbocycles. The summed E-state index contributed by atoms with van der Waals surface area (Å²) >= 11 is 6.03. The third-order valence-corrected chi connectivity index (χ3v) is 4.56. The van der Waals surface area contributed by atoms with E-state index in [1.54, 1.807) is 0 Å². The Morgan fingerprint density at radius 2 is 1.00 bits per heavy atom. The van der Waals surface area contributed by atoms with E-state index < -0.39 is 0 Å². The van der Waals surface area contributed by atoms with E-state index in [1.165, 1.54) is 0 Å². The van der Waals surface area contributed by atoms with Crippen molar-refractivity contribution in [1.82, 2.24) is 0 Å². The van der Waals surface area contributed by atoms with Crippen LogP contribution in [0, 0.1) is 0 Å². The van der Waals surface area contributed by atoms with E-state index >= 15 is 0 Å². The molecule has 0 saturated heterocycles. The first-order chi connectivity index (χ1) is 12.8. The van der Waals surface area contributed by atoms with Gasteiger partial charge in [-0.2, -0.15) is 0 Å². The molecule has 0 aliphatic carbocycles. The van der Waals surface area contributed by atoms with Crippen molar-refractivity contribution in [3.63, 3.8) is 0 Å². The van der Waals surface area contributed by atoms with Gasteiger partial charge in [-0.05, 0) is 59.7 Å². The van der Waals surface area contributed by atoms with E-state index in [-0.39, 0.29) is 0 Å². The Morgan fingerprint density at radius 3 is 1.58 bits per heavy atom. The molecular formula is C24H18ClN. The van der Waals surface area contributed by atoms with Crippen LogP contribution in [0.15, 0.2) is 109 Å². The van der Waals surface area contributed by atoms with Gasteiger partial charge >= 0.3 is 0 Å². The maximum absolute atomic E-state index is 6.03. The fourth-order valence-electron chi connectivity index (χ4n) is 3.07. The highest BCUT2D eigenvalue weighted by Crippen LogP contribution is 2.36. The summed E-state index contributed by atoms with van der Waals surface area (Å²) in [5.41, 5.74) is 5.70. The van der Waals surface area contributed by atoms with Crippen LogP contribution in [0.1, 0.15) is 0 Å². The van der Waals surface area contributed by atoms with Gasteiger partial charge in [-0.3, -0.25) is 0 Å². The molecule has 0 bridgehead atoms. The zero-order chi connectivity index (χ0) is 17.8. The van der Waals surface area contributed by atoms with E-state index in [1.807, 2.05) is 24.3 Å². The number of anilines is 3. The number of halogens is 1. The van der Waals surface area contributed by atoms with Crippen molar-refractivity contribution >= 4 is 28.7 Å². The van der Waals surface area contributed by atoms with Gasteiger partial charge in [0, 0.05) is 22.1 Å². The first kappa shape index (κ1) is 16.4. The number of hydrogen-bond donors (Lipinski definition) is 0. The van der Waals surface area contributed by atoms with Crippen LogP contribution in [0.5, 0.6) is 0 Å². The molecule has 0 heterocycles. The summed E-state index contributed by atoms with van der Waals surface area (Å²) in [5.74, 6) is 0. The van der Waals surface area contributed by atoms with Crippen LogP contribution in [-0.2, 0) is 0 Å². The molecule has 4 aromatic rings. The second-order valence-electron chi connectivity index (χ2n) is 6.06. The van der Waals surface area contributed by atoms with E-state index in [0.29, 0.717) is 0 Å². The van der Waals surface area contributed by atoms with Crippen LogP contribution < -0.4 is 4.90 Å². The minimum Gasteiger partial charge on any atom is -0.310 e. The van der Waals surface area contributed by atoms with Crippen molar-refractivity contribution in [2.45, 2.75) is 0 Å². The highest BCUT2D eigenvalue weighted by molar-refractivity contribution is 6.30. The molecule has 0 aromatic heterocycles. The number of rotatable bonds is 4. The third-order valence-electron chi connectivity index (χ3n) is 4.31. The van der Waals surface area contributed by atoms with Crippen molar-refractivity contribution in [2.24, 2.45) is 0 Å². The zero-order valence-electron chi connectivity index (χ0n) is 14.2. The van der Waals surface area contributed by atoms with Crippen LogP contribution in [0.4, 0.5) is 17.1 Å². The SMILES string of the molecule is Clc1ccc(-c2cccc(N(c3ccccc3)c3ccccc3)c2)cc1. The van der Waals surface area contributed by atoms with Gasteiger partial charge in [-0.1, -0.05) is 72.3 Å². The summed E-state index contributed by atoms with van der Waals surface area (Å²) in [5, 5.41) is 0.750. The molecule has 26 heavy (non-hydrogen) atoms. The number of nitrogens with zero attached hydrogens (tertiary/aromatic N) is 1. The summed E-state index contributed by atoms with van der Waals surface area (Å²) in [7, 11) is 0. The minimum absolute atomic E-state index is 0.750. The first-order valence-electron chi connectivity index (χ1n) is 8.57. The van der Waals surface area contributed by atoms with Crippen LogP contribution in [-0.4, -0.2) is 0 Å². The van der Waals surface area contributed by atoms with Gasteiger partial charge in [0.25, 0.3) is 0 Å². The molecule has 126 valence electrons. The third kappa shape index (κ3) is 3.49. The van der Waals surface area contributed by atoms with Gasteiger partial charge in [0.1, 0.15) is 0 Å². The Hall–Kier alpha value is -3.03. The lowest BCUT2D eigenvalue weighted by Gasteiger charge is -2.25. The van der Waals surface area contributed by atoms with Gasteiger partial charge in [-0.25, -0.2) is 0 Å². The summed E-state index contributed by atoms with van der Waals surface area (Å²) in [6.45, 7) is 0. The van der Waals surface area contributed by atoms with Crippen molar-refractivity contribution in [3.05, 3.63) is 114 Å². The van der Waals surface area contributed by atoms with Crippen molar-refractivity contribution in [3.8, 4) is 11.1 Å². The normalized spacial score (nSPS) is 10.5. The molecule has 0 amide bonds. The fourth-order valence-corrected chi connectivity index (χ4v) is 3.19. The first-order valence-corrected chi connectivity index (χ1v) is 8.95. The summed E-state index contributed by atoms with van der Waals surface area (Å²) in [4.78, 5) is 2.26. The Bertz CT molecular complexity index is 940. The average Bonchev–Trinajstić information content (AvgIpc) is 2.71. The predicted molar refractivity (Wildman–Crippen MR) is 112 cm³/mol. The van der Waals surface area contributed by atoms with Gasteiger partial charge < -0.3 is 4.90 Å². The van der Waals surface area contributed by atoms with E-state index in [2.05, 4.69) is 89.8 Å². The Labute approximate surface area is 159 Å². The molecule has 1 nitrogen and oxygen atoms in total. The number of para-hydroxylation sites is 2. The van der Waals surface area contributed by atoms with Crippen LogP contribution in [0.2, 0.25) is 5.02 Å². The second kappa shape index (κ2) is 7.47. The van der Waals surface area contributed by atoms with Gasteiger partial charge in [0.15, 0.2) is 0 Å². The number of benzene rings is 4. The molecule has 0 N–H and O–H groups in total. The Kier molecular flexibility index (Phi) is 4.72. The average molecular weight is 356 g/mol. The molecule has 0 aliphatic rings. The topological polar surface area (TPSA) is 3.24 Å². The summed E-state index contributed by atoms with van der Waals surface area (Å²) < 4.78 is 0. The summed E-state index contributed by atoms with van der Waals surface area (Å²) in [6, 6.07) is 37.4. The molecule has 2 heteroatoms. The number of hydrogen-bond acceptors (Lipinski definition) is 1. The highest BCUT2D eigenvalue weighted by Gasteiger charge is 2.12. The van der Waals surface area contributed by atoms with Crippen molar-refractivity contribution < 1.29 is 0 Å². The van der Waals surface area contributed by atoms with Gasteiger partial charge in [0.2, 0.25) is 0 Å². The maximum atomic E-state index is 6.03. The lowest BCUT2D eigenvalue weighted by atomic mass is 10.0. The Morgan fingerprint density at radius 1 is 0.462 bits per heavy atom. The molecule has 0 atom stereocenters. The predicted octanol–water partition coefficient (Wildman–Crippen LogP) is 7.48. The molecule has 0 radical (unpaired) electrons. The van der Waals surface area contributed by atoms with Gasteiger partial charge in [-0.15, -0.1) is 0 Å². The minimum atomic E-state index is 0.750. The molecule has 0 fully saturated rings. The lowest BCUT2D eigenvalue weighted by molar-refractivity contribution is 1.28. The molecule has 0 unspecified atom stereocenters. The standard InChI is InChI=1S/C24H18ClN/c25-21-16-14-19(15-17-21)20-8-7-13-24(18-20)26(22-9-3-1-4-10-22)23-11-5-2-6-12-23/h1-18H. The van der Waals surface area contributed by atoms with Crippen LogP contribution in [0.25, 0.3) is 11.1 Å². The molecule has 4 rings (SSSR count). The summed E-state index contributed by atoms with van der Waals surface area (Å²) in [6.07, 6.45) is 0. The second-order valence-corrected chi connectivity index (χ2v) is 6.50.